The van der Waals surface area contributed by atoms with Gasteiger partial charge < -0.3 is 10.0 Å². The Balaban J connectivity index is 2.38. The van der Waals surface area contributed by atoms with Crippen molar-refractivity contribution >= 4 is 11.8 Å². The molecule has 1 N–H and O–H groups in total. The molecule has 3 heteroatoms. The molecule has 0 aromatic heterocycles. The fraction of sp³-hybridized carbons (Fsp3) is 0.667. The minimum absolute atomic E-state index is 0.261. The first-order valence-electron chi connectivity index (χ1n) is 2.97. The highest BCUT2D eigenvalue weighted by molar-refractivity contribution is 8.02. The molecule has 0 aromatic rings. The Hall–Kier alpha value is -0.150. The first kappa shape index (κ1) is 6.96. The Kier molecular flexibility index (Phi) is 2.42. The highest BCUT2D eigenvalue weighted by atomic mass is 32.2. The van der Waals surface area contributed by atoms with E-state index in [4.69, 9.17) is 5.11 Å². The molecule has 0 spiro atoms. The van der Waals surface area contributed by atoms with Gasteiger partial charge in [0.1, 0.15) is 0 Å². The van der Waals surface area contributed by atoms with Gasteiger partial charge in [0.2, 0.25) is 0 Å². The zero-order chi connectivity index (χ0) is 6.69. The minimum atomic E-state index is 0.261. The fourth-order valence-corrected chi connectivity index (χ4v) is 1.74. The number of rotatable bonds is 2. The molecule has 1 heterocycles. The number of nitrogens with zero attached hydrogens (tertiary/aromatic N) is 1. The van der Waals surface area contributed by atoms with Crippen molar-refractivity contribution in [3.63, 3.8) is 0 Å². The first-order valence-corrected chi connectivity index (χ1v) is 4.02. The summed E-state index contributed by atoms with van der Waals surface area (Å²) in [5.41, 5.74) is 1.25. The molecule has 1 rings (SSSR count). The van der Waals surface area contributed by atoms with Crippen LogP contribution >= 0.6 is 11.8 Å². The summed E-state index contributed by atoms with van der Waals surface area (Å²) >= 11 is 1.78. The van der Waals surface area contributed by atoms with Crippen LogP contribution < -0.4 is 0 Å². The average Bonchev–Trinajstić information content (AvgIpc) is 2.18. The molecule has 0 saturated carbocycles. The Morgan fingerprint density at radius 1 is 1.89 bits per heavy atom. The van der Waals surface area contributed by atoms with Gasteiger partial charge in [0, 0.05) is 25.8 Å². The van der Waals surface area contributed by atoms with Gasteiger partial charge in [-0.1, -0.05) is 0 Å². The number of hydrogen-bond donors (Lipinski definition) is 1. The summed E-state index contributed by atoms with van der Waals surface area (Å²) in [5, 5.41) is 10.7. The third-order valence-corrected chi connectivity index (χ3v) is 2.32. The van der Waals surface area contributed by atoms with Crippen LogP contribution in [0, 0.1) is 0 Å². The second kappa shape index (κ2) is 3.13. The van der Waals surface area contributed by atoms with Gasteiger partial charge in [0.25, 0.3) is 0 Å². The molecule has 2 nitrogen and oxygen atoms in total. The van der Waals surface area contributed by atoms with Crippen LogP contribution in [0.5, 0.6) is 0 Å². The van der Waals surface area contributed by atoms with Crippen molar-refractivity contribution in [3.8, 4) is 0 Å². The highest BCUT2D eigenvalue weighted by Crippen LogP contribution is 2.22. The molecular weight excluding hydrogens is 134 g/mol. The van der Waals surface area contributed by atoms with E-state index in [-0.39, 0.29) is 6.61 Å². The summed E-state index contributed by atoms with van der Waals surface area (Å²) < 4.78 is 0. The van der Waals surface area contributed by atoms with Crippen LogP contribution in [0.4, 0.5) is 0 Å². The number of thioether (sulfide) groups is 1. The van der Waals surface area contributed by atoms with Crippen LogP contribution in [0.2, 0.25) is 0 Å². The largest absolute Gasteiger partial charge is 0.396 e. The summed E-state index contributed by atoms with van der Waals surface area (Å²) in [5.74, 6) is 1.04. The third kappa shape index (κ3) is 1.63. The van der Waals surface area contributed by atoms with E-state index < -0.39 is 0 Å². The van der Waals surface area contributed by atoms with E-state index >= 15 is 0 Å². The smallest absolute Gasteiger partial charge is 0.0674 e. The van der Waals surface area contributed by atoms with Crippen molar-refractivity contribution in [2.45, 2.75) is 6.42 Å². The van der Waals surface area contributed by atoms with E-state index in [1.165, 1.54) is 5.70 Å². The Morgan fingerprint density at radius 3 is 3.11 bits per heavy atom. The van der Waals surface area contributed by atoms with Crippen molar-refractivity contribution in [2.24, 2.45) is 0 Å². The monoisotopic (exact) mass is 145 g/mol. The molecule has 0 amide bonds. The standard InChI is InChI=1S/C6H11NOS/c1-7-5-9-4-6(7)2-3-8/h4,8H,2-3,5H2,1H3. The number of aliphatic hydroxyl groups is 1. The second-order valence-electron chi connectivity index (χ2n) is 2.08. The van der Waals surface area contributed by atoms with Gasteiger partial charge in [-0.15, -0.1) is 11.8 Å². The van der Waals surface area contributed by atoms with Crippen LogP contribution in [0.1, 0.15) is 6.42 Å². The molecule has 0 fully saturated rings. The Morgan fingerprint density at radius 2 is 2.67 bits per heavy atom. The van der Waals surface area contributed by atoms with Crippen LogP contribution in [0.25, 0.3) is 0 Å². The van der Waals surface area contributed by atoms with Gasteiger partial charge in [0.15, 0.2) is 0 Å². The van der Waals surface area contributed by atoms with E-state index in [9.17, 15) is 0 Å². The first-order chi connectivity index (χ1) is 4.34. The van der Waals surface area contributed by atoms with Crippen LogP contribution in [-0.2, 0) is 0 Å². The van der Waals surface area contributed by atoms with Crippen molar-refractivity contribution in [1.82, 2.24) is 4.90 Å². The maximum absolute atomic E-state index is 8.57. The van der Waals surface area contributed by atoms with E-state index in [2.05, 4.69) is 10.3 Å². The number of aliphatic hydroxyl groups excluding tert-OH is 1. The van der Waals surface area contributed by atoms with E-state index in [0.717, 1.165) is 12.3 Å². The fourth-order valence-electron chi connectivity index (χ4n) is 0.782. The van der Waals surface area contributed by atoms with Gasteiger partial charge in [-0.2, -0.15) is 0 Å². The lowest BCUT2D eigenvalue weighted by atomic mass is 10.3. The van der Waals surface area contributed by atoms with Crippen molar-refractivity contribution in [3.05, 3.63) is 11.1 Å². The predicted octanol–water partition coefficient (Wildman–Crippen LogP) is 0.846. The molecule has 0 unspecified atom stereocenters. The summed E-state index contributed by atoms with van der Waals surface area (Å²) in [6.45, 7) is 0.261. The van der Waals surface area contributed by atoms with Crippen molar-refractivity contribution < 1.29 is 5.11 Å². The van der Waals surface area contributed by atoms with Crippen LogP contribution in [0.15, 0.2) is 11.1 Å². The van der Waals surface area contributed by atoms with Gasteiger partial charge >= 0.3 is 0 Å². The quantitative estimate of drug-likeness (QED) is 0.623. The topological polar surface area (TPSA) is 23.5 Å². The van der Waals surface area contributed by atoms with E-state index in [1.807, 2.05) is 7.05 Å². The molecule has 0 atom stereocenters. The average molecular weight is 145 g/mol. The lowest BCUT2D eigenvalue weighted by Gasteiger charge is -2.13. The van der Waals surface area contributed by atoms with Gasteiger partial charge in [-0.3, -0.25) is 0 Å². The molecule has 0 saturated heterocycles. The zero-order valence-corrected chi connectivity index (χ0v) is 6.32. The molecular formula is C6H11NOS. The summed E-state index contributed by atoms with van der Waals surface area (Å²) in [6, 6.07) is 0. The highest BCUT2D eigenvalue weighted by Gasteiger charge is 2.08. The Bertz CT molecular complexity index is 124. The minimum Gasteiger partial charge on any atom is -0.396 e. The lowest BCUT2D eigenvalue weighted by molar-refractivity contribution is 0.285. The van der Waals surface area contributed by atoms with E-state index in [1.54, 1.807) is 11.8 Å². The number of hydrogen-bond acceptors (Lipinski definition) is 3. The molecule has 1 aliphatic heterocycles. The predicted molar refractivity (Wildman–Crippen MR) is 40.0 cm³/mol. The molecule has 9 heavy (non-hydrogen) atoms. The van der Waals surface area contributed by atoms with Gasteiger partial charge in [-0.25, -0.2) is 0 Å². The maximum atomic E-state index is 8.57. The molecule has 0 bridgehead atoms. The molecule has 52 valence electrons. The third-order valence-electron chi connectivity index (χ3n) is 1.35. The van der Waals surface area contributed by atoms with Gasteiger partial charge in [-0.05, 0) is 5.41 Å². The molecule has 1 aliphatic rings. The Labute approximate surface area is 59.5 Å². The van der Waals surface area contributed by atoms with Crippen LogP contribution in [-0.4, -0.2) is 29.5 Å². The SMILES string of the molecule is CN1CSC=C1CCO. The van der Waals surface area contributed by atoms with Crippen molar-refractivity contribution in [1.29, 1.82) is 0 Å². The maximum Gasteiger partial charge on any atom is 0.0674 e. The van der Waals surface area contributed by atoms with Gasteiger partial charge in [0.05, 0.1) is 5.88 Å². The molecule has 0 aliphatic carbocycles. The molecule has 0 aromatic carbocycles. The zero-order valence-electron chi connectivity index (χ0n) is 5.50. The van der Waals surface area contributed by atoms with Crippen molar-refractivity contribution in [2.75, 3.05) is 19.5 Å². The summed E-state index contributed by atoms with van der Waals surface area (Å²) in [4.78, 5) is 2.15. The van der Waals surface area contributed by atoms with Crippen LogP contribution in [0.3, 0.4) is 0 Å². The van der Waals surface area contributed by atoms with E-state index in [0.29, 0.717) is 0 Å². The second-order valence-corrected chi connectivity index (χ2v) is 2.90. The summed E-state index contributed by atoms with van der Waals surface area (Å²) in [6.07, 6.45) is 0.795. The normalized spacial score (nSPS) is 18.4. The lowest BCUT2D eigenvalue weighted by Crippen LogP contribution is -2.12. The summed E-state index contributed by atoms with van der Waals surface area (Å²) in [7, 11) is 2.04. The molecule has 0 radical (unpaired) electrons.